The number of Topliss-reactive ketones (excluding diaryl/α,β-unsaturated/α-hetero) is 1. The van der Waals surface area contributed by atoms with Gasteiger partial charge in [0.25, 0.3) is 0 Å². The van der Waals surface area contributed by atoms with Crippen molar-refractivity contribution in [3.05, 3.63) is 0 Å². The van der Waals surface area contributed by atoms with E-state index < -0.39 is 0 Å². The highest BCUT2D eigenvalue weighted by Gasteiger charge is 2.43. The Morgan fingerprint density at radius 2 is 2.19 bits per heavy atom. The Bertz CT molecular complexity index is 270. The van der Waals surface area contributed by atoms with E-state index in [2.05, 4.69) is 0 Å². The zero-order valence-corrected chi connectivity index (χ0v) is 9.69. The SMILES string of the molecule is O=C(CCC1CCCO1)C1CC2CCC1O2. The van der Waals surface area contributed by atoms with Gasteiger partial charge in [-0.15, -0.1) is 0 Å². The molecular formula is C13H20O3. The van der Waals surface area contributed by atoms with Crippen molar-refractivity contribution in [1.82, 2.24) is 0 Å². The second kappa shape index (κ2) is 4.46. The Morgan fingerprint density at radius 3 is 2.81 bits per heavy atom. The third-order valence-electron chi connectivity index (χ3n) is 4.26. The van der Waals surface area contributed by atoms with Gasteiger partial charge in [-0.05, 0) is 38.5 Å². The molecule has 0 aromatic heterocycles. The number of carbonyl (C=O) groups is 1. The fourth-order valence-corrected chi connectivity index (χ4v) is 3.34. The summed E-state index contributed by atoms with van der Waals surface area (Å²) in [5.74, 6) is 0.628. The van der Waals surface area contributed by atoms with E-state index >= 15 is 0 Å². The van der Waals surface area contributed by atoms with Crippen molar-refractivity contribution in [2.24, 2.45) is 5.92 Å². The molecule has 3 fully saturated rings. The summed E-state index contributed by atoms with van der Waals surface area (Å²) in [4.78, 5) is 12.1. The third kappa shape index (κ3) is 2.03. The third-order valence-corrected chi connectivity index (χ3v) is 4.26. The molecule has 0 amide bonds. The summed E-state index contributed by atoms with van der Waals surface area (Å²) in [6, 6.07) is 0. The topological polar surface area (TPSA) is 35.5 Å². The van der Waals surface area contributed by atoms with Crippen LogP contribution in [-0.4, -0.2) is 30.7 Å². The molecule has 0 radical (unpaired) electrons. The van der Waals surface area contributed by atoms with Crippen LogP contribution in [0.3, 0.4) is 0 Å². The number of fused-ring (bicyclic) bond motifs is 2. The van der Waals surface area contributed by atoms with Crippen LogP contribution >= 0.6 is 0 Å². The second-order valence-electron chi connectivity index (χ2n) is 5.36. The van der Waals surface area contributed by atoms with Crippen LogP contribution in [0, 0.1) is 5.92 Å². The number of carbonyl (C=O) groups excluding carboxylic acids is 1. The number of rotatable bonds is 4. The van der Waals surface area contributed by atoms with Gasteiger partial charge in [-0.1, -0.05) is 0 Å². The average Bonchev–Trinajstić information content (AvgIpc) is 3.01. The van der Waals surface area contributed by atoms with E-state index in [-0.39, 0.29) is 12.0 Å². The summed E-state index contributed by atoms with van der Waals surface area (Å²) in [7, 11) is 0. The van der Waals surface area contributed by atoms with E-state index in [0.717, 1.165) is 38.7 Å². The molecule has 3 saturated heterocycles. The molecule has 3 aliphatic heterocycles. The monoisotopic (exact) mass is 224 g/mol. The maximum absolute atomic E-state index is 12.1. The minimum Gasteiger partial charge on any atom is -0.378 e. The van der Waals surface area contributed by atoms with Gasteiger partial charge in [0.2, 0.25) is 0 Å². The van der Waals surface area contributed by atoms with Crippen LogP contribution in [-0.2, 0) is 14.3 Å². The first kappa shape index (κ1) is 10.7. The van der Waals surface area contributed by atoms with Crippen LogP contribution in [0.2, 0.25) is 0 Å². The molecule has 3 heterocycles. The molecule has 0 saturated carbocycles. The molecule has 0 spiro atoms. The van der Waals surface area contributed by atoms with Crippen LogP contribution in [0.5, 0.6) is 0 Å². The van der Waals surface area contributed by atoms with E-state index in [1.165, 1.54) is 6.42 Å². The number of ether oxygens (including phenoxy) is 2. The summed E-state index contributed by atoms with van der Waals surface area (Å²) in [5.41, 5.74) is 0. The number of ketones is 1. The quantitative estimate of drug-likeness (QED) is 0.733. The molecule has 0 aromatic rings. The Kier molecular flexibility index (Phi) is 2.99. The summed E-state index contributed by atoms with van der Waals surface area (Å²) in [6.07, 6.45) is 8.16. The first-order valence-corrected chi connectivity index (χ1v) is 6.62. The minimum atomic E-state index is 0.208. The lowest BCUT2D eigenvalue weighted by molar-refractivity contribution is -0.125. The van der Waals surface area contributed by atoms with Crippen molar-refractivity contribution in [1.29, 1.82) is 0 Å². The lowest BCUT2D eigenvalue weighted by Crippen LogP contribution is -2.26. The lowest BCUT2D eigenvalue weighted by Gasteiger charge is -2.18. The van der Waals surface area contributed by atoms with Crippen molar-refractivity contribution in [2.45, 2.75) is 63.3 Å². The first-order valence-electron chi connectivity index (χ1n) is 6.62. The zero-order chi connectivity index (χ0) is 11.0. The van der Waals surface area contributed by atoms with Crippen LogP contribution < -0.4 is 0 Å². The Hall–Kier alpha value is -0.410. The maximum Gasteiger partial charge on any atom is 0.138 e. The van der Waals surface area contributed by atoms with Gasteiger partial charge in [0.05, 0.1) is 18.3 Å². The van der Waals surface area contributed by atoms with Crippen molar-refractivity contribution < 1.29 is 14.3 Å². The standard InChI is InChI=1S/C13H20O3/c14-12(5-3-9-2-1-7-15-9)11-8-10-4-6-13(11)16-10/h9-11,13H,1-8H2. The fourth-order valence-electron chi connectivity index (χ4n) is 3.34. The molecular weight excluding hydrogens is 204 g/mol. The zero-order valence-electron chi connectivity index (χ0n) is 9.69. The van der Waals surface area contributed by atoms with Crippen molar-refractivity contribution in [2.75, 3.05) is 6.61 Å². The van der Waals surface area contributed by atoms with E-state index in [1.54, 1.807) is 0 Å². The van der Waals surface area contributed by atoms with Gasteiger partial charge < -0.3 is 9.47 Å². The minimum absolute atomic E-state index is 0.208. The van der Waals surface area contributed by atoms with Crippen molar-refractivity contribution >= 4 is 5.78 Å². The van der Waals surface area contributed by atoms with Crippen LogP contribution in [0.4, 0.5) is 0 Å². The normalized spacial score (nSPS) is 41.8. The lowest BCUT2D eigenvalue weighted by atomic mass is 9.84. The molecule has 4 atom stereocenters. The largest absolute Gasteiger partial charge is 0.378 e. The maximum atomic E-state index is 12.1. The molecule has 3 aliphatic rings. The Balaban J connectivity index is 1.46. The van der Waals surface area contributed by atoms with Crippen molar-refractivity contribution in [3.8, 4) is 0 Å². The van der Waals surface area contributed by atoms with Gasteiger partial charge >= 0.3 is 0 Å². The number of hydrogen-bond donors (Lipinski definition) is 0. The van der Waals surface area contributed by atoms with Crippen molar-refractivity contribution in [3.63, 3.8) is 0 Å². The average molecular weight is 224 g/mol. The fraction of sp³-hybridized carbons (Fsp3) is 0.923. The molecule has 0 N–H and O–H groups in total. The molecule has 3 rings (SSSR count). The highest BCUT2D eigenvalue weighted by atomic mass is 16.5. The van der Waals surface area contributed by atoms with Gasteiger partial charge in [-0.2, -0.15) is 0 Å². The molecule has 0 aliphatic carbocycles. The van der Waals surface area contributed by atoms with Gasteiger partial charge in [-0.3, -0.25) is 4.79 Å². The smallest absolute Gasteiger partial charge is 0.138 e. The van der Waals surface area contributed by atoms with E-state index in [0.29, 0.717) is 24.4 Å². The Morgan fingerprint density at radius 1 is 1.25 bits per heavy atom. The predicted molar refractivity (Wildman–Crippen MR) is 59.2 cm³/mol. The second-order valence-corrected chi connectivity index (χ2v) is 5.36. The summed E-state index contributed by atoms with van der Waals surface area (Å²) < 4.78 is 11.3. The predicted octanol–water partition coefficient (Wildman–Crippen LogP) is 2.08. The summed E-state index contributed by atoms with van der Waals surface area (Å²) >= 11 is 0. The van der Waals surface area contributed by atoms with E-state index in [4.69, 9.17) is 9.47 Å². The highest BCUT2D eigenvalue weighted by Crippen LogP contribution is 2.39. The van der Waals surface area contributed by atoms with Gasteiger partial charge in [-0.25, -0.2) is 0 Å². The molecule has 0 aromatic carbocycles. The summed E-state index contributed by atoms with van der Waals surface area (Å²) in [6.45, 7) is 0.885. The highest BCUT2D eigenvalue weighted by molar-refractivity contribution is 5.82. The van der Waals surface area contributed by atoms with Gasteiger partial charge in [0.1, 0.15) is 5.78 Å². The molecule has 4 unspecified atom stereocenters. The molecule has 90 valence electrons. The molecule has 2 bridgehead atoms. The first-order chi connectivity index (χ1) is 7.83. The molecule has 3 heteroatoms. The van der Waals surface area contributed by atoms with E-state index in [1.807, 2.05) is 0 Å². The van der Waals surface area contributed by atoms with Crippen LogP contribution in [0.25, 0.3) is 0 Å². The van der Waals surface area contributed by atoms with E-state index in [9.17, 15) is 4.79 Å². The number of hydrogen-bond acceptors (Lipinski definition) is 3. The van der Waals surface area contributed by atoms with Gasteiger partial charge in [0.15, 0.2) is 0 Å². The van der Waals surface area contributed by atoms with Crippen LogP contribution in [0.15, 0.2) is 0 Å². The molecule has 3 nitrogen and oxygen atoms in total. The summed E-state index contributed by atoms with van der Waals surface area (Å²) in [5, 5.41) is 0. The Labute approximate surface area is 96.5 Å². The van der Waals surface area contributed by atoms with Gasteiger partial charge in [0, 0.05) is 18.9 Å². The van der Waals surface area contributed by atoms with Crippen LogP contribution in [0.1, 0.15) is 44.9 Å². The molecule has 16 heavy (non-hydrogen) atoms.